The van der Waals surface area contributed by atoms with Gasteiger partial charge in [-0.1, -0.05) is 38.1 Å². The maximum Gasteiger partial charge on any atom is 0.0693 e. The van der Waals surface area contributed by atoms with Gasteiger partial charge in [0.2, 0.25) is 0 Å². The smallest absolute Gasteiger partial charge is 0.0693 e. The molecule has 0 aliphatic heterocycles. The Hall–Kier alpha value is -0.900. The summed E-state index contributed by atoms with van der Waals surface area (Å²) in [6, 6.07) is 8.59. The molecule has 1 unspecified atom stereocenters. The van der Waals surface area contributed by atoms with Crippen molar-refractivity contribution in [3.63, 3.8) is 0 Å². The lowest BCUT2D eigenvalue weighted by Crippen LogP contribution is -2.31. The molecule has 0 saturated heterocycles. The van der Waals surface area contributed by atoms with E-state index in [0.717, 1.165) is 0 Å². The number of ether oxygens (including phenoxy) is 1. The quantitative estimate of drug-likeness (QED) is 0.574. The van der Waals surface area contributed by atoms with Crippen molar-refractivity contribution in [3.05, 3.63) is 35.4 Å². The average Bonchev–Trinajstić information content (AvgIpc) is 2.30. The van der Waals surface area contributed by atoms with Crippen LogP contribution in [0.15, 0.2) is 24.3 Å². The van der Waals surface area contributed by atoms with Crippen molar-refractivity contribution in [2.45, 2.75) is 32.7 Å². The van der Waals surface area contributed by atoms with Crippen LogP contribution in [0.25, 0.3) is 0 Å². The van der Waals surface area contributed by atoms with Crippen LogP contribution in [-0.4, -0.2) is 13.2 Å². The largest absolute Gasteiger partial charge is 0.380 e. The molecule has 0 aromatic heterocycles. The third kappa shape index (κ3) is 3.59. The number of nitrogens with two attached hydrogens (primary N) is 1. The zero-order valence-electron chi connectivity index (χ0n) is 10.4. The number of hydrogen-bond donors (Lipinski definition) is 2. The van der Waals surface area contributed by atoms with E-state index in [9.17, 15) is 0 Å². The molecule has 3 nitrogen and oxygen atoms in total. The molecule has 1 rings (SSSR count). The lowest BCUT2D eigenvalue weighted by Gasteiger charge is -2.17. The summed E-state index contributed by atoms with van der Waals surface area (Å²) in [5, 5.41) is 0. The standard InChI is InChI=1S/C13H22N2O/c1-4-16-9-13(15-14)12-7-5-11(6-8-12)10(2)3/h5-8,10,13,15H,4,9,14H2,1-3H3. The first-order chi connectivity index (χ1) is 7.69. The average molecular weight is 222 g/mol. The van der Waals surface area contributed by atoms with E-state index in [1.54, 1.807) is 0 Å². The van der Waals surface area contributed by atoms with Crippen LogP contribution in [-0.2, 0) is 4.74 Å². The molecule has 3 N–H and O–H groups in total. The number of rotatable bonds is 6. The summed E-state index contributed by atoms with van der Waals surface area (Å²) in [6.07, 6.45) is 0. The Kier molecular flexibility index (Phi) is 5.46. The van der Waals surface area contributed by atoms with Crippen molar-refractivity contribution in [1.29, 1.82) is 0 Å². The van der Waals surface area contributed by atoms with E-state index in [4.69, 9.17) is 10.6 Å². The molecule has 1 atom stereocenters. The monoisotopic (exact) mass is 222 g/mol. The highest BCUT2D eigenvalue weighted by atomic mass is 16.5. The van der Waals surface area contributed by atoms with Gasteiger partial charge in [-0.3, -0.25) is 11.3 Å². The van der Waals surface area contributed by atoms with E-state index in [1.165, 1.54) is 11.1 Å². The fourth-order valence-corrected chi connectivity index (χ4v) is 1.59. The second-order valence-electron chi connectivity index (χ2n) is 4.20. The van der Waals surface area contributed by atoms with Crippen LogP contribution in [0.3, 0.4) is 0 Å². The summed E-state index contributed by atoms with van der Waals surface area (Å²) in [6.45, 7) is 7.67. The van der Waals surface area contributed by atoms with E-state index in [2.05, 4.69) is 43.5 Å². The molecule has 1 aromatic rings. The van der Waals surface area contributed by atoms with Gasteiger partial charge in [0.1, 0.15) is 0 Å². The third-order valence-corrected chi connectivity index (χ3v) is 2.70. The molecule has 0 fully saturated rings. The van der Waals surface area contributed by atoms with Crippen LogP contribution in [0.4, 0.5) is 0 Å². The topological polar surface area (TPSA) is 47.3 Å². The Morgan fingerprint density at radius 2 is 1.75 bits per heavy atom. The van der Waals surface area contributed by atoms with Crippen LogP contribution in [0.2, 0.25) is 0 Å². The number of nitrogens with one attached hydrogen (secondary N) is 1. The Morgan fingerprint density at radius 3 is 2.19 bits per heavy atom. The molecule has 3 heteroatoms. The van der Waals surface area contributed by atoms with Gasteiger partial charge < -0.3 is 4.74 Å². The predicted octanol–water partition coefficient (Wildman–Crippen LogP) is 2.35. The zero-order valence-corrected chi connectivity index (χ0v) is 10.4. The SMILES string of the molecule is CCOCC(NN)c1ccc(C(C)C)cc1. The second-order valence-corrected chi connectivity index (χ2v) is 4.20. The summed E-state index contributed by atoms with van der Waals surface area (Å²) in [5.41, 5.74) is 5.29. The van der Waals surface area contributed by atoms with Crippen molar-refractivity contribution in [2.75, 3.05) is 13.2 Å². The Labute approximate surface area is 98.0 Å². The minimum Gasteiger partial charge on any atom is -0.380 e. The summed E-state index contributed by atoms with van der Waals surface area (Å²) in [4.78, 5) is 0. The molecule has 0 aliphatic rings. The zero-order chi connectivity index (χ0) is 12.0. The van der Waals surface area contributed by atoms with E-state index < -0.39 is 0 Å². The third-order valence-electron chi connectivity index (χ3n) is 2.70. The minimum atomic E-state index is 0.0705. The van der Waals surface area contributed by atoms with Crippen molar-refractivity contribution in [3.8, 4) is 0 Å². The van der Waals surface area contributed by atoms with Crippen LogP contribution in [0.1, 0.15) is 43.9 Å². The number of hydrogen-bond acceptors (Lipinski definition) is 3. The lowest BCUT2D eigenvalue weighted by molar-refractivity contribution is 0.123. The van der Waals surface area contributed by atoms with Crippen molar-refractivity contribution < 1.29 is 4.74 Å². The normalized spacial score (nSPS) is 13.1. The van der Waals surface area contributed by atoms with Gasteiger partial charge in [0.05, 0.1) is 12.6 Å². The summed E-state index contributed by atoms with van der Waals surface area (Å²) >= 11 is 0. The summed E-state index contributed by atoms with van der Waals surface area (Å²) in [5.74, 6) is 6.07. The minimum absolute atomic E-state index is 0.0705. The fourth-order valence-electron chi connectivity index (χ4n) is 1.59. The Morgan fingerprint density at radius 1 is 1.19 bits per heavy atom. The van der Waals surface area contributed by atoms with Crippen molar-refractivity contribution in [1.82, 2.24) is 5.43 Å². The molecule has 0 spiro atoms. The highest BCUT2D eigenvalue weighted by molar-refractivity contribution is 5.26. The molecular formula is C13H22N2O. The highest BCUT2D eigenvalue weighted by Gasteiger charge is 2.09. The molecule has 0 aliphatic carbocycles. The van der Waals surface area contributed by atoms with Gasteiger partial charge in [0, 0.05) is 6.61 Å². The van der Waals surface area contributed by atoms with E-state index in [-0.39, 0.29) is 6.04 Å². The summed E-state index contributed by atoms with van der Waals surface area (Å²) < 4.78 is 5.38. The highest BCUT2D eigenvalue weighted by Crippen LogP contribution is 2.18. The van der Waals surface area contributed by atoms with Gasteiger partial charge in [-0.05, 0) is 24.0 Å². The maximum atomic E-state index is 5.51. The molecule has 0 saturated carbocycles. The predicted molar refractivity (Wildman–Crippen MR) is 67.1 cm³/mol. The van der Waals surface area contributed by atoms with Crippen LogP contribution in [0, 0.1) is 0 Å². The first-order valence-corrected chi connectivity index (χ1v) is 5.82. The van der Waals surface area contributed by atoms with Gasteiger partial charge in [0.25, 0.3) is 0 Å². The molecule has 90 valence electrons. The maximum absolute atomic E-state index is 5.51. The van der Waals surface area contributed by atoms with Crippen LogP contribution >= 0.6 is 0 Å². The van der Waals surface area contributed by atoms with Crippen LogP contribution in [0.5, 0.6) is 0 Å². The second kappa shape index (κ2) is 6.63. The van der Waals surface area contributed by atoms with Gasteiger partial charge in [0.15, 0.2) is 0 Å². The van der Waals surface area contributed by atoms with Crippen molar-refractivity contribution >= 4 is 0 Å². The molecule has 0 radical (unpaired) electrons. The van der Waals surface area contributed by atoms with E-state index in [0.29, 0.717) is 19.1 Å². The molecule has 0 heterocycles. The lowest BCUT2D eigenvalue weighted by atomic mass is 9.99. The molecule has 0 bridgehead atoms. The molecule has 0 amide bonds. The Balaban J connectivity index is 2.70. The first-order valence-electron chi connectivity index (χ1n) is 5.82. The van der Waals surface area contributed by atoms with E-state index in [1.807, 2.05) is 6.92 Å². The van der Waals surface area contributed by atoms with Gasteiger partial charge >= 0.3 is 0 Å². The van der Waals surface area contributed by atoms with Crippen LogP contribution < -0.4 is 11.3 Å². The molecular weight excluding hydrogens is 200 g/mol. The van der Waals surface area contributed by atoms with E-state index >= 15 is 0 Å². The summed E-state index contributed by atoms with van der Waals surface area (Å²) in [7, 11) is 0. The molecule has 1 aromatic carbocycles. The van der Waals surface area contributed by atoms with Gasteiger partial charge in [-0.2, -0.15) is 0 Å². The fraction of sp³-hybridized carbons (Fsp3) is 0.538. The van der Waals surface area contributed by atoms with Gasteiger partial charge in [-0.25, -0.2) is 0 Å². The Bertz CT molecular complexity index is 295. The number of benzene rings is 1. The molecule has 16 heavy (non-hydrogen) atoms. The van der Waals surface area contributed by atoms with Gasteiger partial charge in [-0.15, -0.1) is 0 Å². The first kappa shape index (κ1) is 13.2. The number of hydrazine groups is 1. The van der Waals surface area contributed by atoms with Crippen molar-refractivity contribution in [2.24, 2.45) is 5.84 Å².